The molecule has 0 saturated carbocycles. The van der Waals surface area contributed by atoms with Gasteiger partial charge in [-0.15, -0.1) is 0 Å². The van der Waals surface area contributed by atoms with Crippen molar-refractivity contribution >= 4 is 17.3 Å². The molecule has 0 aromatic rings. The van der Waals surface area contributed by atoms with Crippen molar-refractivity contribution in [3.05, 3.63) is 0 Å². The monoisotopic (exact) mass is 158 g/mol. The maximum absolute atomic E-state index is 5.10. The zero-order valence-electron chi connectivity index (χ0n) is 6.55. The molecule has 1 fully saturated rings. The van der Waals surface area contributed by atoms with Gasteiger partial charge in [0, 0.05) is 19.1 Å². The molecule has 58 valence electrons. The van der Waals surface area contributed by atoms with Crippen LogP contribution in [0.1, 0.15) is 20.3 Å². The predicted molar refractivity (Wildman–Crippen MR) is 47.1 cm³/mol. The lowest BCUT2D eigenvalue weighted by Crippen LogP contribution is -2.33. The fourth-order valence-electron chi connectivity index (χ4n) is 1.35. The van der Waals surface area contributed by atoms with Gasteiger partial charge >= 0.3 is 0 Å². The Morgan fingerprint density at radius 1 is 1.70 bits per heavy atom. The Hall–Kier alpha value is -0.310. The zero-order chi connectivity index (χ0) is 7.56. The van der Waals surface area contributed by atoms with E-state index in [1.54, 1.807) is 0 Å². The third-order valence-electron chi connectivity index (χ3n) is 2.00. The largest absolute Gasteiger partial charge is 0.360 e. The lowest BCUT2D eigenvalue weighted by atomic mass is 10.2. The summed E-state index contributed by atoms with van der Waals surface area (Å²) in [5, 5.41) is 4.10. The van der Waals surface area contributed by atoms with Gasteiger partial charge in [-0.05, 0) is 25.6 Å². The van der Waals surface area contributed by atoms with Crippen LogP contribution in [0.4, 0.5) is 0 Å². The molecule has 1 unspecified atom stereocenters. The fraction of sp³-hybridized carbons (Fsp3) is 0.857. The number of nitrogens with one attached hydrogen (secondary N) is 1. The molecule has 1 aliphatic heterocycles. The topological polar surface area (TPSA) is 15.3 Å². The quantitative estimate of drug-likeness (QED) is 0.603. The fourth-order valence-corrected chi connectivity index (χ4v) is 1.71. The number of hydrogen-bond acceptors (Lipinski definition) is 1. The van der Waals surface area contributed by atoms with E-state index in [4.69, 9.17) is 12.2 Å². The minimum Gasteiger partial charge on any atom is -0.360 e. The van der Waals surface area contributed by atoms with Crippen molar-refractivity contribution in [1.29, 1.82) is 0 Å². The summed E-state index contributed by atoms with van der Waals surface area (Å²) < 4.78 is 0. The van der Waals surface area contributed by atoms with Crippen molar-refractivity contribution in [3.63, 3.8) is 0 Å². The van der Waals surface area contributed by atoms with Gasteiger partial charge in [0.05, 0.1) is 0 Å². The van der Waals surface area contributed by atoms with Crippen LogP contribution < -0.4 is 5.32 Å². The standard InChI is InChI=1S/C7H14N2S/c1-3-6-5-8-7(10)9(6)4-2/h6H,3-5H2,1-2H3,(H,8,10). The first-order valence-corrected chi connectivity index (χ1v) is 4.24. The maximum atomic E-state index is 5.10. The Morgan fingerprint density at radius 2 is 2.40 bits per heavy atom. The number of likely N-dealkylation sites (N-methyl/N-ethyl adjacent to an activating group) is 1. The summed E-state index contributed by atoms with van der Waals surface area (Å²) in [6.07, 6.45) is 1.18. The van der Waals surface area contributed by atoms with Crippen LogP contribution in [0, 0.1) is 0 Å². The van der Waals surface area contributed by atoms with Gasteiger partial charge in [0.1, 0.15) is 0 Å². The summed E-state index contributed by atoms with van der Waals surface area (Å²) in [6, 6.07) is 0.637. The highest BCUT2D eigenvalue weighted by Gasteiger charge is 2.23. The van der Waals surface area contributed by atoms with Crippen LogP contribution >= 0.6 is 12.2 Å². The lowest BCUT2D eigenvalue weighted by molar-refractivity contribution is 0.360. The van der Waals surface area contributed by atoms with Crippen LogP contribution in [0.5, 0.6) is 0 Å². The number of nitrogens with zero attached hydrogens (tertiary/aromatic N) is 1. The normalized spacial score (nSPS) is 25.2. The van der Waals surface area contributed by atoms with E-state index in [1.807, 2.05) is 0 Å². The van der Waals surface area contributed by atoms with E-state index in [0.29, 0.717) is 6.04 Å². The molecule has 1 aliphatic rings. The van der Waals surface area contributed by atoms with E-state index in [1.165, 1.54) is 6.42 Å². The Kier molecular flexibility index (Phi) is 2.49. The molecule has 0 bridgehead atoms. The molecule has 0 spiro atoms. The van der Waals surface area contributed by atoms with Crippen LogP contribution in [0.3, 0.4) is 0 Å². The minimum absolute atomic E-state index is 0.637. The summed E-state index contributed by atoms with van der Waals surface area (Å²) >= 11 is 5.10. The lowest BCUT2D eigenvalue weighted by Gasteiger charge is -2.21. The van der Waals surface area contributed by atoms with Gasteiger partial charge < -0.3 is 10.2 Å². The third kappa shape index (κ3) is 1.24. The zero-order valence-corrected chi connectivity index (χ0v) is 7.37. The maximum Gasteiger partial charge on any atom is 0.169 e. The smallest absolute Gasteiger partial charge is 0.169 e. The molecule has 0 aromatic heterocycles. The van der Waals surface area contributed by atoms with E-state index in [2.05, 4.69) is 24.1 Å². The molecule has 1 saturated heterocycles. The summed E-state index contributed by atoms with van der Waals surface area (Å²) in [4.78, 5) is 2.25. The third-order valence-corrected chi connectivity index (χ3v) is 2.38. The van der Waals surface area contributed by atoms with Gasteiger partial charge in [-0.2, -0.15) is 0 Å². The Bertz CT molecular complexity index is 136. The van der Waals surface area contributed by atoms with Gasteiger partial charge in [-0.25, -0.2) is 0 Å². The average molecular weight is 158 g/mol. The molecule has 0 radical (unpaired) electrons. The molecule has 0 aliphatic carbocycles. The second kappa shape index (κ2) is 3.19. The molecule has 0 amide bonds. The molecule has 1 atom stereocenters. The SMILES string of the molecule is CCC1CNC(=S)N1CC. The highest BCUT2D eigenvalue weighted by Crippen LogP contribution is 2.09. The molecule has 1 heterocycles. The predicted octanol–water partition coefficient (Wildman–Crippen LogP) is 0.975. The molecular formula is C7H14N2S. The molecule has 1 N–H and O–H groups in total. The van der Waals surface area contributed by atoms with E-state index >= 15 is 0 Å². The highest BCUT2D eigenvalue weighted by molar-refractivity contribution is 7.80. The van der Waals surface area contributed by atoms with E-state index in [-0.39, 0.29) is 0 Å². The molecule has 1 rings (SSSR count). The van der Waals surface area contributed by atoms with Crippen molar-refractivity contribution in [2.75, 3.05) is 13.1 Å². The summed E-state index contributed by atoms with van der Waals surface area (Å²) in [7, 11) is 0. The number of thiocarbonyl (C=S) groups is 1. The van der Waals surface area contributed by atoms with Crippen LogP contribution in [0.15, 0.2) is 0 Å². The highest BCUT2D eigenvalue weighted by atomic mass is 32.1. The summed E-state index contributed by atoms with van der Waals surface area (Å²) in [6.45, 7) is 6.40. The van der Waals surface area contributed by atoms with Crippen LogP contribution in [0.2, 0.25) is 0 Å². The molecule has 2 nitrogen and oxygen atoms in total. The summed E-state index contributed by atoms with van der Waals surface area (Å²) in [5.74, 6) is 0. The molecule has 0 aromatic carbocycles. The van der Waals surface area contributed by atoms with Gasteiger partial charge in [0.2, 0.25) is 0 Å². The van der Waals surface area contributed by atoms with Crippen molar-refractivity contribution in [2.45, 2.75) is 26.3 Å². The first kappa shape index (κ1) is 7.79. The Balaban J connectivity index is 2.54. The number of hydrogen-bond donors (Lipinski definition) is 1. The van der Waals surface area contributed by atoms with E-state index in [9.17, 15) is 0 Å². The van der Waals surface area contributed by atoms with Crippen molar-refractivity contribution in [3.8, 4) is 0 Å². The van der Waals surface area contributed by atoms with Crippen LogP contribution in [-0.2, 0) is 0 Å². The second-order valence-electron chi connectivity index (χ2n) is 2.53. The minimum atomic E-state index is 0.637. The second-order valence-corrected chi connectivity index (χ2v) is 2.92. The Labute approximate surface area is 67.6 Å². The van der Waals surface area contributed by atoms with Gasteiger partial charge in [-0.3, -0.25) is 0 Å². The number of rotatable bonds is 2. The van der Waals surface area contributed by atoms with E-state index in [0.717, 1.165) is 18.2 Å². The molecule has 10 heavy (non-hydrogen) atoms. The average Bonchev–Trinajstić information content (AvgIpc) is 2.30. The first-order valence-electron chi connectivity index (χ1n) is 3.84. The van der Waals surface area contributed by atoms with Crippen LogP contribution in [0.25, 0.3) is 0 Å². The summed E-state index contributed by atoms with van der Waals surface area (Å²) in [5.41, 5.74) is 0. The van der Waals surface area contributed by atoms with Gasteiger partial charge in [-0.1, -0.05) is 6.92 Å². The molecular weight excluding hydrogens is 144 g/mol. The van der Waals surface area contributed by atoms with Gasteiger partial charge in [0.25, 0.3) is 0 Å². The van der Waals surface area contributed by atoms with Crippen LogP contribution in [-0.4, -0.2) is 29.1 Å². The van der Waals surface area contributed by atoms with E-state index < -0.39 is 0 Å². The Morgan fingerprint density at radius 3 is 2.80 bits per heavy atom. The van der Waals surface area contributed by atoms with Crippen molar-refractivity contribution in [1.82, 2.24) is 10.2 Å². The van der Waals surface area contributed by atoms with Crippen molar-refractivity contribution < 1.29 is 0 Å². The first-order chi connectivity index (χ1) is 4.79. The van der Waals surface area contributed by atoms with Crippen molar-refractivity contribution in [2.24, 2.45) is 0 Å². The van der Waals surface area contributed by atoms with Gasteiger partial charge in [0.15, 0.2) is 5.11 Å². The molecule has 3 heteroatoms.